The lowest BCUT2D eigenvalue weighted by atomic mass is 9.52. The van der Waals surface area contributed by atoms with Crippen molar-refractivity contribution in [1.29, 1.82) is 0 Å². The summed E-state index contributed by atoms with van der Waals surface area (Å²) in [7, 11) is 2.33. The minimum atomic E-state index is 0. The van der Waals surface area contributed by atoms with Crippen molar-refractivity contribution in [1.82, 2.24) is 4.90 Å². The lowest BCUT2D eigenvalue weighted by Gasteiger charge is -2.58. The van der Waals surface area contributed by atoms with E-state index < -0.39 is 0 Å². The number of piperidine rings is 1. The molecule has 0 amide bonds. The molecule has 3 heteroatoms. The van der Waals surface area contributed by atoms with Crippen molar-refractivity contribution in [3.63, 3.8) is 0 Å². The van der Waals surface area contributed by atoms with Gasteiger partial charge in [-0.05, 0) is 68.5 Å². The molecule has 0 spiro atoms. The average Bonchev–Trinajstić information content (AvgIpc) is 2.56. The van der Waals surface area contributed by atoms with Crippen molar-refractivity contribution in [2.45, 2.75) is 50.0 Å². The average molecular weight is 378 g/mol. The van der Waals surface area contributed by atoms with Crippen LogP contribution in [0.25, 0.3) is 0 Å². The Bertz CT molecular complexity index is 587. The van der Waals surface area contributed by atoms with Gasteiger partial charge in [0.2, 0.25) is 0 Å². The molecule has 0 N–H and O–H groups in total. The van der Waals surface area contributed by atoms with E-state index in [1.165, 1.54) is 45.1 Å². The third kappa shape index (κ3) is 2.66. The van der Waals surface area contributed by atoms with Crippen LogP contribution in [0.1, 0.15) is 43.2 Å². The molecule has 0 aromatic heterocycles. The fourth-order valence-corrected chi connectivity index (χ4v) is 5.42. The zero-order valence-electron chi connectivity index (χ0n) is 14.1. The van der Waals surface area contributed by atoms with E-state index in [4.69, 9.17) is 4.74 Å². The highest BCUT2D eigenvalue weighted by Crippen LogP contribution is 2.55. The molecule has 1 aliphatic heterocycles. The Morgan fingerprint density at radius 1 is 1.35 bits per heavy atom. The smallest absolute Gasteiger partial charge is 0.120 e. The fourth-order valence-electron chi connectivity index (χ4n) is 5.42. The lowest BCUT2D eigenvalue weighted by Crippen LogP contribution is -2.59. The van der Waals surface area contributed by atoms with Gasteiger partial charge in [0.1, 0.15) is 12.4 Å². The van der Waals surface area contributed by atoms with E-state index in [9.17, 15) is 0 Å². The first kappa shape index (κ1) is 17.0. The molecule has 1 aromatic carbocycles. The summed E-state index contributed by atoms with van der Waals surface area (Å²) >= 11 is 0. The predicted octanol–water partition coefficient (Wildman–Crippen LogP) is 4.52. The zero-order chi connectivity index (χ0) is 15.2. The van der Waals surface area contributed by atoms with Gasteiger partial charge >= 0.3 is 0 Å². The molecule has 1 saturated carbocycles. The second-order valence-electron chi connectivity index (χ2n) is 7.43. The quantitative estimate of drug-likeness (QED) is 0.718. The number of fused-ring (bicyclic) bond motifs is 1. The Morgan fingerprint density at radius 3 is 3.04 bits per heavy atom. The number of nitrogens with zero attached hydrogens (tertiary/aromatic N) is 1. The first-order valence-corrected chi connectivity index (χ1v) is 8.82. The van der Waals surface area contributed by atoms with Crippen LogP contribution in [0.2, 0.25) is 0 Å². The first-order chi connectivity index (χ1) is 10.7. The molecular weight excluding hydrogens is 350 g/mol. The van der Waals surface area contributed by atoms with Gasteiger partial charge in [-0.25, -0.2) is 0 Å². The molecular formula is C20H28BrNO. The van der Waals surface area contributed by atoms with Gasteiger partial charge in [-0.2, -0.15) is 0 Å². The van der Waals surface area contributed by atoms with E-state index >= 15 is 0 Å². The summed E-state index contributed by atoms with van der Waals surface area (Å²) in [6.07, 6.45) is 9.96. The predicted molar refractivity (Wildman–Crippen MR) is 101 cm³/mol. The monoisotopic (exact) mass is 377 g/mol. The largest absolute Gasteiger partial charge is 0.490 e. The van der Waals surface area contributed by atoms with Crippen molar-refractivity contribution in [3.8, 4) is 5.75 Å². The Hall–Kier alpha value is -0.800. The Morgan fingerprint density at radius 2 is 2.22 bits per heavy atom. The lowest BCUT2D eigenvalue weighted by molar-refractivity contribution is 0.00272. The molecule has 1 aromatic rings. The maximum atomic E-state index is 5.83. The molecule has 3 atom stereocenters. The van der Waals surface area contributed by atoms with E-state index in [2.05, 4.69) is 36.7 Å². The molecule has 1 saturated heterocycles. The minimum Gasteiger partial charge on any atom is -0.490 e. The Kier molecular flexibility index (Phi) is 4.89. The summed E-state index contributed by atoms with van der Waals surface area (Å²) in [6, 6.07) is 7.59. The van der Waals surface area contributed by atoms with E-state index in [0.717, 1.165) is 17.7 Å². The van der Waals surface area contributed by atoms with Crippen molar-refractivity contribution in [2.24, 2.45) is 5.92 Å². The van der Waals surface area contributed by atoms with Gasteiger partial charge in [0.15, 0.2) is 0 Å². The number of rotatable bonds is 3. The second kappa shape index (κ2) is 6.60. The van der Waals surface area contributed by atoms with E-state index in [-0.39, 0.29) is 17.0 Å². The highest BCUT2D eigenvalue weighted by Gasteiger charge is 2.53. The van der Waals surface area contributed by atoms with Crippen LogP contribution in [0.3, 0.4) is 0 Å². The first-order valence-electron chi connectivity index (χ1n) is 8.82. The van der Waals surface area contributed by atoms with Gasteiger partial charge in [0.25, 0.3) is 0 Å². The highest BCUT2D eigenvalue weighted by molar-refractivity contribution is 8.93. The van der Waals surface area contributed by atoms with E-state index in [0.29, 0.717) is 12.0 Å². The van der Waals surface area contributed by atoms with Gasteiger partial charge < -0.3 is 9.64 Å². The highest BCUT2D eigenvalue weighted by atomic mass is 79.9. The third-order valence-corrected chi connectivity index (χ3v) is 6.45. The van der Waals surface area contributed by atoms with Gasteiger partial charge in [-0.1, -0.05) is 31.6 Å². The summed E-state index contributed by atoms with van der Waals surface area (Å²) in [5, 5.41) is 0. The van der Waals surface area contributed by atoms with Gasteiger partial charge in [0, 0.05) is 11.5 Å². The fraction of sp³-hybridized carbons (Fsp3) is 0.600. The summed E-state index contributed by atoms with van der Waals surface area (Å²) in [5.41, 5.74) is 3.61. The number of ether oxygens (including phenoxy) is 1. The van der Waals surface area contributed by atoms with Crippen LogP contribution in [0, 0.1) is 5.92 Å². The van der Waals surface area contributed by atoms with Gasteiger partial charge in [-0.15, -0.1) is 17.0 Å². The van der Waals surface area contributed by atoms with Crippen LogP contribution in [-0.2, 0) is 11.8 Å². The molecule has 1 heterocycles. The van der Waals surface area contributed by atoms with Crippen molar-refractivity contribution in [2.75, 3.05) is 20.2 Å². The van der Waals surface area contributed by atoms with Crippen LogP contribution in [0.4, 0.5) is 0 Å². The van der Waals surface area contributed by atoms with Gasteiger partial charge in [-0.3, -0.25) is 0 Å². The zero-order valence-corrected chi connectivity index (χ0v) is 15.8. The van der Waals surface area contributed by atoms with Crippen molar-refractivity contribution < 1.29 is 4.74 Å². The standard InChI is InChI=1S/C20H27NO.BrH/c1-3-12-22-16-8-7-15-13-19-17-6-4-5-9-20(17,18(15)14-16)10-11-21(19)2;/h3,7-8,14,17,19H,1,4-6,9-13H2,2H3;1H/t17-,19+,20+;/m0./s1. The van der Waals surface area contributed by atoms with Crippen LogP contribution >= 0.6 is 17.0 Å². The van der Waals surface area contributed by atoms with Crippen molar-refractivity contribution in [3.05, 3.63) is 42.0 Å². The molecule has 0 unspecified atom stereocenters. The molecule has 126 valence electrons. The van der Waals surface area contributed by atoms with E-state index in [1.54, 1.807) is 11.1 Å². The molecule has 0 radical (unpaired) electrons. The summed E-state index contributed by atoms with van der Waals surface area (Å²) in [6.45, 7) is 5.60. The molecule has 2 aliphatic carbocycles. The van der Waals surface area contributed by atoms with Crippen LogP contribution in [0.5, 0.6) is 5.75 Å². The minimum absolute atomic E-state index is 0. The van der Waals surface area contributed by atoms with Crippen LogP contribution in [0.15, 0.2) is 30.9 Å². The number of likely N-dealkylation sites (tertiary alicyclic amines) is 1. The molecule has 2 bridgehead atoms. The summed E-state index contributed by atoms with van der Waals surface area (Å²) in [4.78, 5) is 2.62. The Labute approximate surface area is 150 Å². The third-order valence-electron chi connectivity index (χ3n) is 6.45. The SMILES string of the molecule is Br.C=CCOc1ccc2c(c1)[C@@]13CCCC[C@H]1[C@@H](C2)N(C)CC3. The second-order valence-corrected chi connectivity index (χ2v) is 7.43. The van der Waals surface area contributed by atoms with Crippen molar-refractivity contribution >= 4 is 17.0 Å². The molecule has 2 nitrogen and oxygen atoms in total. The normalized spacial score (nSPS) is 32.2. The number of hydrogen-bond donors (Lipinski definition) is 0. The van der Waals surface area contributed by atoms with Crippen LogP contribution in [-0.4, -0.2) is 31.1 Å². The van der Waals surface area contributed by atoms with E-state index in [1.807, 2.05) is 6.08 Å². The number of halogens is 1. The maximum Gasteiger partial charge on any atom is 0.120 e. The topological polar surface area (TPSA) is 12.5 Å². The van der Waals surface area contributed by atoms with Gasteiger partial charge in [0.05, 0.1) is 0 Å². The summed E-state index contributed by atoms with van der Waals surface area (Å²) in [5.74, 6) is 1.87. The number of hydrogen-bond acceptors (Lipinski definition) is 2. The van der Waals surface area contributed by atoms with Crippen LogP contribution < -0.4 is 4.74 Å². The Balaban J connectivity index is 0.00000156. The number of likely N-dealkylation sites (N-methyl/N-ethyl adjacent to an activating group) is 1. The number of benzene rings is 1. The summed E-state index contributed by atoms with van der Waals surface area (Å²) < 4.78 is 5.83. The molecule has 23 heavy (non-hydrogen) atoms. The molecule has 4 rings (SSSR count). The molecule has 2 fully saturated rings. The maximum absolute atomic E-state index is 5.83. The molecule has 3 aliphatic rings.